The fourth-order valence-corrected chi connectivity index (χ4v) is 8.83. The van der Waals surface area contributed by atoms with E-state index in [1.807, 2.05) is 27.7 Å². The van der Waals surface area contributed by atoms with Crippen LogP contribution in [-0.2, 0) is 59.2 Å². The molecule has 0 spiro atoms. The summed E-state index contributed by atoms with van der Waals surface area (Å²) in [5.41, 5.74) is 6.75. The second kappa shape index (κ2) is 26.9. The predicted octanol–water partition coefficient (Wildman–Crippen LogP) is -1.63. The quantitative estimate of drug-likeness (QED) is 0.0532. The Morgan fingerprint density at radius 1 is 0.643 bits per heavy atom. The summed E-state index contributed by atoms with van der Waals surface area (Å²) < 4.78 is 0. The number of carbonyl (C=O) groups is 11. The number of carbonyl (C=O) groups excluding carboxylic acids is 9. The Labute approximate surface area is 407 Å². The van der Waals surface area contributed by atoms with Crippen molar-refractivity contribution in [3.8, 4) is 0 Å². The Bertz CT molecular complexity index is 2070. The minimum absolute atomic E-state index is 0.0936. The van der Waals surface area contributed by atoms with Gasteiger partial charge < -0.3 is 62.5 Å². The van der Waals surface area contributed by atoms with Crippen molar-refractivity contribution in [1.82, 2.24) is 46.6 Å². The van der Waals surface area contributed by atoms with E-state index >= 15 is 0 Å². The molecule has 3 fully saturated rings. The van der Waals surface area contributed by atoms with E-state index in [-0.39, 0.29) is 50.1 Å². The number of rotatable bonds is 25. The van der Waals surface area contributed by atoms with Gasteiger partial charge in [-0.1, -0.05) is 64.4 Å². The van der Waals surface area contributed by atoms with Gasteiger partial charge in [0.15, 0.2) is 0 Å². The number of nitrogens with two attached hydrogens (primary N) is 1. The number of hydrogen-bond donors (Lipinski definition) is 9. The molecule has 0 unspecified atom stereocenters. The molecule has 3 saturated heterocycles. The molecule has 4 rings (SSSR count). The molecule has 23 heteroatoms. The topological polar surface area (TPSA) is 336 Å². The maximum atomic E-state index is 14.0. The SMILES string of the molecule is CC[C@H](C)[C@H](N)C(=O)N1CCC[C@H]1C(=O)NCC(=O)N[C@@H](CCC(=O)O)C(=O)N[C@@H](Cc1ccccc1)C(=O)NCC(=O)N[C@@H](CC(C)C)C(=O)N1CCC[C@H]1C(=O)NCC(=O)N1CCC[C@H]1C(=O)O. The van der Waals surface area contributed by atoms with Gasteiger partial charge in [0.05, 0.1) is 25.7 Å². The molecule has 3 heterocycles. The lowest BCUT2D eigenvalue weighted by atomic mass is 9.98. The van der Waals surface area contributed by atoms with Crippen molar-refractivity contribution >= 4 is 65.1 Å². The summed E-state index contributed by atoms with van der Waals surface area (Å²) in [5.74, 6) is -8.67. The third kappa shape index (κ3) is 16.2. The molecule has 0 bridgehead atoms. The molecule has 0 aliphatic carbocycles. The second-order valence-electron chi connectivity index (χ2n) is 18.6. The molecule has 0 aromatic heterocycles. The van der Waals surface area contributed by atoms with Crippen LogP contribution in [0.2, 0.25) is 0 Å². The van der Waals surface area contributed by atoms with Gasteiger partial charge >= 0.3 is 11.9 Å². The van der Waals surface area contributed by atoms with E-state index in [2.05, 4.69) is 31.9 Å². The van der Waals surface area contributed by atoms with Gasteiger partial charge in [0.25, 0.3) is 0 Å². The van der Waals surface area contributed by atoms with Gasteiger partial charge in [-0.15, -0.1) is 0 Å². The molecule has 0 saturated carbocycles. The third-order valence-corrected chi connectivity index (χ3v) is 12.9. The Morgan fingerprint density at radius 3 is 1.73 bits per heavy atom. The molecule has 70 heavy (non-hydrogen) atoms. The number of nitrogens with one attached hydrogen (secondary N) is 6. The highest BCUT2D eigenvalue weighted by Crippen LogP contribution is 2.23. The van der Waals surface area contributed by atoms with E-state index in [1.54, 1.807) is 30.3 Å². The number of benzene rings is 1. The predicted molar refractivity (Wildman–Crippen MR) is 251 cm³/mol. The lowest BCUT2D eigenvalue weighted by Crippen LogP contribution is -2.57. The summed E-state index contributed by atoms with van der Waals surface area (Å²) in [6, 6.07) is 0.979. The van der Waals surface area contributed by atoms with Crippen LogP contribution in [0.15, 0.2) is 30.3 Å². The first-order chi connectivity index (χ1) is 33.2. The molecular formula is C47H70N10O13. The van der Waals surface area contributed by atoms with Crippen LogP contribution in [0.1, 0.15) is 97.5 Å². The largest absolute Gasteiger partial charge is 0.481 e. The molecule has 3 aliphatic heterocycles. The van der Waals surface area contributed by atoms with Crippen LogP contribution >= 0.6 is 0 Å². The summed E-state index contributed by atoms with van der Waals surface area (Å²) in [7, 11) is 0. The summed E-state index contributed by atoms with van der Waals surface area (Å²) >= 11 is 0. The zero-order valence-electron chi connectivity index (χ0n) is 40.4. The number of likely N-dealkylation sites (tertiary alicyclic amines) is 3. The van der Waals surface area contributed by atoms with E-state index in [0.717, 1.165) is 0 Å². The van der Waals surface area contributed by atoms with Crippen LogP contribution < -0.4 is 37.6 Å². The zero-order chi connectivity index (χ0) is 51.7. The Morgan fingerprint density at radius 2 is 1.17 bits per heavy atom. The van der Waals surface area contributed by atoms with Crippen LogP contribution in [-0.4, -0.2) is 172 Å². The fourth-order valence-electron chi connectivity index (χ4n) is 8.83. The van der Waals surface area contributed by atoms with Gasteiger partial charge in [-0.2, -0.15) is 0 Å². The number of carboxylic acids is 2. The van der Waals surface area contributed by atoms with Crippen molar-refractivity contribution in [1.29, 1.82) is 0 Å². The minimum Gasteiger partial charge on any atom is -0.481 e. The minimum atomic E-state index is -1.48. The summed E-state index contributed by atoms with van der Waals surface area (Å²) in [4.78, 5) is 148. The van der Waals surface area contributed by atoms with Crippen LogP contribution in [0, 0.1) is 11.8 Å². The van der Waals surface area contributed by atoms with E-state index in [9.17, 15) is 63.0 Å². The molecule has 8 atom stereocenters. The lowest BCUT2D eigenvalue weighted by molar-refractivity contribution is -0.148. The summed E-state index contributed by atoms with van der Waals surface area (Å²) in [6.45, 7) is 6.45. The first-order valence-corrected chi connectivity index (χ1v) is 24.1. The Hall–Kier alpha value is -6.65. The summed E-state index contributed by atoms with van der Waals surface area (Å²) in [6.07, 6.45) is 2.26. The lowest BCUT2D eigenvalue weighted by Gasteiger charge is -2.30. The van der Waals surface area contributed by atoms with Crippen molar-refractivity contribution in [3.05, 3.63) is 35.9 Å². The number of hydrogen-bond acceptors (Lipinski definition) is 12. The van der Waals surface area contributed by atoms with Gasteiger partial charge in [-0.05, 0) is 68.8 Å². The molecule has 3 aliphatic rings. The van der Waals surface area contributed by atoms with Crippen molar-refractivity contribution < 1.29 is 63.0 Å². The zero-order valence-corrected chi connectivity index (χ0v) is 40.4. The van der Waals surface area contributed by atoms with Crippen LogP contribution in [0.25, 0.3) is 0 Å². The molecule has 10 N–H and O–H groups in total. The van der Waals surface area contributed by atoms with Crippen molar-refractivity contribution in [2.75, 3.05) is 39.3 Å². The van der Waals surface area contributed by atoms with Gasteiger partial charge in [-0.3, -0.25) is 47.9 Å². The maximum absolute atomic E-state index is 14.0. The molecule has 386 valence electrons. The molecule has 1 aromatic rings. The molecule has 9 amide bonds. The number of nitrogens with zero attached hydrogens (tertiary/aromatic N) is 3. The normalized spacial score (nSPS) is 19.8. The average Bonchev–Trinajstić information content (AvgIpc) is 4.14. The van der Waals surface area contributed by atoms with Crippen LogP contribution in [0.5, 0.6) is 0 Å². The van der Waals surface area contributed by atoms with Crippen molar-refractivity contribution in [2.24, 2.45) is 17.6 Å². The highest BCUT2D eigenvalue weighted by atomic mass is 16.4. The standard InChI is InChI=1S/C47H70N10O13/c1-5-28(4)40(48)46(68)57-21-10-15-34(57)43(65)50-25-36(58)52-30(17-18-39(61)62)42(64)54-31(23-29-12-7-6-8-13-29)41(63)49-24-37(59)53-32(22-27(2)3)45(67)56-20-9-14-33(56)44(66)51-26-38(60)55-19-11-16-35(55)47(69)70/h6-8,12-13,27-28,30-35,40H,5,9-11,14-26,48H2,1-4H3,(H,49,63)(H,50,65)(H,51,66)(H,52,58)(H,53,59)(H,54,64)(H,61,62)(H,69,70)/t28-,30-,31-,32-,33-,34-,35-,40-/m0/s1. The number of aliphatic carboxylic acids is 2. The van der Waals surface area contributed by atoms with E-state index in [0.29, 0.717) is 50.6 Å². The van der Waals surface area contributed by atoms with E-state index in [1.165, 1.54) is 14.7 Å². The van der Waals surface area contributed by atoms with Crippen LogP contribution in [0.4, 0.5) is 0 Å². The van der Waals surface area contributed by atoms with Gasteiger partial charge in [0, 0.05) is 32.5 Å². The first-order valence-electron chi connectivity index (χ1n) is 24.1. The molecule has 0 radical (unpaired) electrons. The van der Waals surface area contributed by atoms with Crippen molar-refractivity contribution in [2.45, 2.75) is 141 Å². The highest BCUT2D eigenvalue weighted by Gasteiger charge is 2.40. The number of amides is 9. The van der Waals surface area contributed by atoms with Crippen molar-refractivity contribution in [3.63, 3.8) is 0 Å². The van der Waals surface area contributed by atoms with Crippen LogP contribution in [0.3, 0.4) is 0 Å². The molecule has 23 nitrogen and oxygen atoms in total. The Balaban J connectivity index is 1.38. The maximum Gasteiger partial charge on any atom is 0.326 e. The number of carboxylic acid groups (broad SMARTS) is 2. The first kappa shape index (κ1) is 55.9. The molecular weight excluding hydrogens is 913 g/mol. The fraction of sp³-hybridized carbons (Fsp3) is 0.638. The van der Waals surface area contributed by atoms with E-state index in [4.69, 9.17) is 5.73 Å². The van der Waals surface area contributed by atoms with Gasteiger partial charge in [-0.25, -0.2) is 4.79 Å². The average molecular weight is 983 g/mol. The Kier molecular flexibility index (Phi) is 21.5. The second-order valence-corrected chi connectivity index (χ2v) is 18.6. The smallest absolute Gasteiger partial charge is 0.326 e. The van der Waals surface area contributed by atoms with Gasteiger partial charge in [0.1, 0.15) is 36.3 Å². The van der Waals surface area contributed by atoms with E-state index < -0.39 is 134 Å². The monoisotopic (exact) mass is 983 g/mol. The molecule has 1 aromatic carbocycles. The summed E-state index contributed by atoms with van der Waals surface area (Å²) in [5, 5.41) is 34.1. The van der Waals surface area contributed by atoms with Gasteiger partial charge in [0.2, 0.25) is 53.2 Å². The highest BCUT2D eigenvalue weighted by molar-refractivity contribution is 5.97. The third-order valence-electron chi connectivity index (χ3n) is 12.9.